The molecule has 18 heavy (non-hydrogen) atoms. The number of carbonyl (C=O) groups is 1. The van der Waals surface area contributed by atoms with Crippen LogP contribution in [0.4, 0.5) is 0 Å². The lowest BCUT2D eigenvalue weighted by Gasteiger charge is -2.10. The number of nitrogens with one attached hydrogen (secondary N) is 2. The summed E-state index contributed by atoms with van der Waals surface area (Å²) in [5, 5.41) is 6.43. The molecule has 1 aromatic carbocycles. The lowest BCUT2D eigenvalue weighted by atomic mass is 10.1. The minimum absolute atomic E-state index is 0.00713. The Balaban J connectivity index is 1.69. The van der Waals surface area contributed by atoms with Crippen LogP contribution in [0.15, 0.2) is 18.2 Å². The Morgan fingerprint density at radius 2 is 2.11 bits per heavy atom. The van der Waals surface area contributed by atoms with Crippen molar-refractivity contribution in [2.75, 3.05) is 20.2 Å². The molecule has 1 aliphatic heterocycles. The second-order valence-electron chi connectivity index (χ2n) is 5.17. The van der Waals surface area contributed by atoms with Crippen molar-refractivity contribution in [3.63, 3.8) is 0 Å². The highest BCUT2D eigenvalue weighted by atomic mass is 16.5. The number of aryl methyl sites for hydroxylation is 1. The molecule has 96 valence electrons. The number of ether oxygens (including phenoxy) is 1. The fourth-order valence-corrected chi connectivity index (χ4v) is 2.83. The molecule has 0 aromatic heterocycles. The van der Waals surface area contributed by atoms with Gasteiger partial charge in [0.05, 0.1) is 7.11 Å². The van der Waals surface area contributed by atoms with Gasteiger partial charge in [-0.25, -0.2) is 0 Å². The molecular weight excluding hydrogens is 228 g/mol. The summed E-state index contributed by atoms with van der Waals surface area (Å²) in [5.74, 6) is 2.05. The van der Waals surface area contributed by atoms with Crippen LogP contribution in [0.5, 0.6) is 5.75 Å². The average molecular weight is 246 g/mol. The van der Waals surface area contributed by atoms with Crippen molar-refractivity contribution >= 4 is 5.91 Å². The molecule has 3 rings (SSSR count). The number of piperidine rings is 1. The molecule has 2 fully saturated rings. The summed E-state index contributed by atoms with van der Waals surface area (Å²) in [7, 11) is 1.63. The number of hydrogen-bond donors (Lipinski definition) is 2. The molecule has 1 aromatic rings. The Kier molecular flexibility index (Phi) is 2.74. The Morgan fingerprint density at radius 3 is 2.78 bits per heavy atom. The minimum atomic E-state index is 0.00713. The van der Waals surface area contributed by atoms with E-state index in [0.717, 1.165) is 24.4 Å². The average Bonchev–Trinajstić information content (AvgIpc) is 2.82. The van der Waals surface area contributed by atoms with Crippen LogP contribution < -0.4 is 15.4 Å². The molecule has 1 amide bonds. The van der Waals surface area contributed by atoms with Crippen molar-refractivity contribution in [1.29, 1.82) is 0 Å². The third-order valence-corrected chi connectivity index (χ3v) is 4.06. The normalized spacial score (nSPS) is 28.7. The quantitative estimate of drug-likeness (QED) is 0.835. The zero-order valence-corrected chi connectivity index (χ0v) is 10.7. The number of rotatable bonds is 3. The zero-order valence-electron chi connectivity index (χ0n) is 10.7. The van der Waals surface area contributed by atoms with Crippen LogP contribution in [0, 0.1) is 18.8 Å². The van der Waals surface area contributed by atoms with Crippen molar-refractivity contribution in [3.05, 3.63) is 29.3 Å². The predicted octanol–water partition coefficient (Wildman–Crippen LogP) is 0.951. The van der Waals surface area contributed by atoms with E-state index in [2.05, 4.69) is 10.6 Å². The molecule has 0 spiro atoms. The highest BCUT2D eigenvalue weighted by Gasteiger charge is 2.53. The molecule has 1 aliphatic carbocycles. The highest BCUT2D eigenvalue weighted by Crippen LogP contribution is 2.41. The second-order valence-corrected chi connectivity index (χ2v) is 5.17. The fraction of sp³-hybridized carbons (Fsp3) is 0.500. The Labute approximate surface area is 107 Å². The fourth-order valence-electron chi connectivity index (χ4n) is 2.83. The first-order valence-corrected chi connectivity index (χ1v) is 6.37. The van der Waals surface area contributed by atoms with Crippen LogP contribution in [0.1, 0.15) is 15.9 Å². The van der Waals surface area contributed by atoms with E-state index >= 15 is 0 Å². The Hall–Kier alpha value is -1.55. The standard InChI is InChI=1S/C14H18N2O2/c1-8-3-4-9(5-12(8)18-2)14(17)16-13-10-6-15-7-11(10)13/h3-5,10-11,13,15H,6-7H2,1-2H3,(H,16,17). The van der Waals surface area contributed by atoms with Gasteiger partial charge in [0.1, 0.15) is 5.75 Å². The largest absolute Gasteiger partial charge is 0.496 e. The molecule has 2 aliphatic rings. The van der Waals surface area contributed by atoms with Crippen LogP contribution in [-0.4, -0.2) is 32.1 Å². The molecule has 0 radical (unpaired) electrons. The van der Waals surface area contributed by atoms with Gasteiger partial charge in [0.15, 0.2) is 0 Å². The van der Waals surface area contributed by atoms with Gasteiger partial charge in [-0.15, -0.1) is 0 Å². The van der Waals surface area contributed by atoms with Gasteiger partial charge in [0.2, 0.25) is 0 Å². The van der Waals surface area contributed by atoms with Crippen molar-refractivity contribution in [1.82, 2.24) is 10.6 Å². The molecular formula is C14H18N2O2. The molecule has 0 bridgehead atoms. The van der Waals surface area contributed by atoms with E-state index in [0.29, 0.717) is 23.4 Å². The van der Waals surface area contributed by atoms with Crippen LogP contribution in [0.2, 0.25) is 0 Å². The van der Waals surface area contributed by atoms with E-state index in [4.69, 9.17) is 4.74 Å². The van der Waals surface area contributed by atoms with Gasteiger partial charge in [-0.05, 0) is 36.5 Å². The summed E-state index contributed by atoms with van der Waals surface area (Å²) in [6.07, 6.45) is 0. The van der Waals surface area contributed by atoms with E-state index < -0.39 is 0 Å². The molecule has 2 unspecified atom stereocenters. The summed E-state index contributed by atoms with van der Waals surface area (Å²) in [4.78, 5) is 12.1. The second kappa shape index (κ2) is 4.28. The van der Waals surface area contributed by atoms with Crippen molar-refractivity contribution in [3.8, 4) is 5.75 Å². The summed E-state index contributed by atoms with van der Waals surface area (Å²) in [6, 6.07) is 5.94. The maximum atomic E-state index is 12.1. The summed E-state index contributed by atoms with van der Waals surface area (Å²) in [5.41, 5.74) is 1.72. The summed E-state index contributed by atoms with van der Waals surface area (Å²) < 4.78 is 5.24. The molecule has 2 N–H and O–H groups in total. The molecule has 4 nitrogen and oxygen atoms in total. The van der Waals surface area contributed by atoms with Crippen LogP contribution in [0.25, 0.3) is 0 Å². The van der Waals surface area contributed by atoms with Gasteiger partial charge >= 0.3 is 0 Å². The molecule has 1 heterocycles. The lowest BCUT2D eigenvalue weighted by Crippen LogP contribution is -2.32. The number of benzene rings is 1. The maximum absolute atomic E-state index is 12.1. The first kappa shape index (κ1) is 11.5. The van der Waals surface area contributed by atoms with E-state index in [-0.39, 0.29) is 5.91 Å². The van der Waals surface area contributed by atoms with Crippen LogP contribution in [-0.2, 0) is 0 Å². The third kappa shape index (κ3) is 1.86. The maximum Gasteiger partial charge on any atom is 0.251 e. The third-order valence-electron chi connectivity index (χ3n) is 4.06. The minimum Gasteiger partial charge on any atom is -0.496 e. The zero-order chi connectivity index (χ0) is 12.7. The molecule has 1 saturated carbocycles. The molecule has 2 atom stereocenters. The van der Waals surface area contributed by atoms with E-state index in [1.807, 2.05) is 19.1 Å². The van der Waals surface area contributed by atoms with Gasteiger partial charge < -0.3 is 15.4 Å². The smallest absolute Gasteiger partial charge is 0.251 e. The van der Waals surface area contributed by atoms with Crippen molar-refractivity contribution in [2.45, 2.75) is 13.0 Å². The van der Waals surface area contributed by atoms with E-state index in [1.54, 1.807) is 13.2 Å². The Bertz CT molecular complexity index is 477. The van der Waals surface area contributed by atoms with Gasteiger partial charge in [-0.3, -0.25) is 4.79 Å². The number of amides is 1. The van der Waals surface area contributed by atoms with Crippen molar-refractivity contribution in [2.24, 2.45) is 11.8 Å². The van der Waals surface area contributed by atoms with E-state index in [1.165, 1.54) is 0 Å². The first-order chi connectivity index (χ1) is 8.70. The van der Waals surface area contributed by atoms with Crippen molar-refractivity contribution < 1.29 is 9.53 Å². The molecule has 1 saturated heterocycles. The van der Waals surface area contributed by atoms with Gasteiger partial charge in [0, 0.05) is 24.7 Å². The number of hydrogen-bond acceptors (Lipinski definition) is 3. The first-order valence-electron chi connectivity index (χ1n) is 6.37. The van der Waals surface area contributed by atoms with E-state index in [9.17, 15) is 4.79 Å². The Morgan fingerprint density at radius 1 is 1.39 bits per heavy atom. The highest BCUT2D eigenvalue weighted by molar-refractivity contribution is 5.95. The number of carbonyl (C=O) groups excluding carboxylic acids is 1. The number of methoxy groups -OCH3 is 1. The van der Waals surface area contributed by atoms with Gasteiger partial charge in [0.25, 0.3) is 5.91 Å². The van der Waals surface area contributed by atoms with Gasteiger partial charge in [-0.1, -0.05) is 6.07 Å². The summed E-state index contributed by atoms with van der Waals surface area (Å²) >= 11 is 0. The SMILES string of the molecule is COc1cc(C(=O)NC2C3CNCC32)ccc1C. The number of fused-ring (bicyclic) bond motifs is 1. The summed E-state index contributed by atoms with van der Waals surface area (Å²) in [6.45, 7) is 4.04. The van der Waals surface area contributed by atoms with Crippen LogP contribution in [0.3, 0.4) is 0 Å². The topological polar surface area (TPSA) is 50.4 Å². The van der Waals surface area contributed by atoms with Gasteiger partial charge in [-0.2, -0.15) is 0 Å². The molecule has 4 heteroatoms. The monoisotopic (exact) mass is 246 g/mol. The predicted molar refractivity (Wildman–Crippen MR) is 68.8 cm³/mol. The van der Waals surface area contributed by atoms with Crippen LogP contribution >= 0.6 is 0 Å². The lowest BCUT2D eigenvalue weighted by molar-refractivity contribution is 0.0946.